The molecular formula is C17H26O4S. The van der Waals surface area contributed by atoms with Gasteiger partial charge in [-0.3, -0.25) is 0 Å². The van der Waals surface area contributed by atoms with E-state index in [1.54, 1.807) is 0 Å². The maximum atomic E-state index is 12.4. The number of rotatable bonds is 6. The Hall–Kier alpha value is -1.07. The molecule has 22 heavy (non-hydrogen) atoms. The Morgan fingerprint density at radius 1 is 1.18 bits per heavy atom. The molecule has 4 nitrogen and oxygen atoms in total. The van der Waals surface area contributed by atoms with Gasteiger partial charge >= 0.3 is 0 Å². The van der Waals surface area contributed by atoms with Gasteiger partial charge in [-0.05, 0) is 42.9 Å². The highest BCUT2D eigenvalue weighted by Crippen LogP contribution is 2.40. The Labute approximate surface area is 133 Å². The lowest BCUT2D eigenvalue weighted by molar-refractivity contribution is 0.0742. The largest absolute Gasteiger partial charge is 0.494 e. The molecule has 2 rings (SSSR count). The van der Waals surface area contributed by atoms with Gasteiger partial charge in [0.25, 0.3) is 0 Å². The summed E-state index contributed by atoms with van der Waals surface area (Å²) in [5.74, 6) is 1.40. The van der Waals surface area contributed by atoms with Crippen molar-refractivity contribution in [2.24, 2.45) is 5.92 Å². The van der Waals surface area contributed by atoms with E-state index >= 15 is 0 Å². The fourth-order valence-electron chi connectivity index (χ4n) is 2.84. The van der Waals surface area contributed by atoms with E-state index in [1.807, 2.05) is 24.3 Å². The Kier molecular flexibility index (Phi) is 5.50. The van der Waals surface area contributed by atoms with Crippen LogP contribution in [0.1, 0.15) is 38.7 Å². The van der Waals surface area contributed by atoms with Gasteiger partial charge in [-0.2, -0.15) is 0 Å². The Bertz CT molecular complexity index is 569. The summed E-state index contributed by atoms with van der Waals surface area (Å²) in [5, 5.41) is 0. The predicted octanol–water partition coefficient (Wildman–Crippen LogP) is 3.16. The van der Waals surface area contributed by atoms with Crippen molar-refractivity contribution >= 4 is 9.84 Å². The third kappa shape index (κ3) is 3.82. The summed E-state index contributed by atoms with van der Waals surface area (Å²) in [6.45, 7) is 5.97. The molecule has 0 aliphatic carbocycles. The van der Waals surface area contributed by atoms with Gasteiger partial charge in [-0.1, -0.05) is 26.0 Å². The van der Waals surface area contributed by atoms with Crippen LogP contribution in [0.5, 0.6) is 5.75 Å². The molecule has 0 aromatic heterocycles. The van der Waals surface area contributed by atoms with Crippen LogP contribution >= 0.6 is 0 Å². The highest BCUT2D eigenvalue weighted by molar-refractivity contribution is 7.91. The molecule has 0 bridgehead atoms. The molecule has 1 aromatic rings. The smallest absolute Gasteiger partial charge is 0.157 e. The Balaban J connectivity index is 2.16. The van der Waals surface area contributed by atoms with E-state index in [9.17, 15) is 8.42 Å². The van der Waals surface area contributed by atoms with Gasteiger partial charge < -0.3 is 9.47 Å². The maximum absolute atomic E-state index is 12.4. The molecule has 1 aliphatic rings. The minimum Gasteiger partial charge on any atom is -0.494 e. The predicted molar refractivity (Wildman–Crippen MR) is 88.0 cm³/mol. The summed E-state index contributed by atoms with van der Waals surface area (Å²) in [4.78, 5) is 0. The molecule has 1 heterocycles. The standard InChI is InChI=1S/C17H26O4S/c1-14(2)8-11-21-16-6-4-15(5-7-16)17(22(3,18)19)9-12-20-13-10-17/h4-7,14H,8-13H2,1-3H3. The van der Waals surface area contributed by atoms with E-state index in [2.05, 4.69) is 13.8 Å². The maximum Gasteiger partial charge on any atom is 0.157 e. The van der Waals surface area contributed by atoms with Crippen molar-refractivity contribution in [2.75, 3.05) is 26.1 Å². The van der Waals surface area contributed by atoms with E-state index < -0.39 is 14.6 Å². The summed E-state index contributed by atoms with van der Waals surface area (Å²) in [5.41, 5.74) is 0.842. The summed E-state index contributed by atoms with van der Waals surface area (Å²) in [6.07, 6.45) is 3.36. The van der Waals surface area contributed by atoms with E-state index in [0.717, 1.165) is 17.7 Å². The van der Waals surface area contributed by atoms with E-state index in [-0.39, 0.29) is 0 Å². The first-order valence-electron chi connectivity index (χ1n) is 7.86. The Morgan fingerprint density at radius 2 is 1.77 bits per heavy atom. The first-order valence-corrected chi connectivity index (χ1v) is 9.75. The lowest BCUT2D eigenvalue weighted by atomic mass is 9.90. The fourth-order valence-corrected chi connectivity index (χ4v) is 4.31. The molecule has 1 aliphatic heterocycles. The van der Waals surface area contributed by atoms with Crippen LogP contribution in [0.15, 0.2) is 24.3 Å². The van der Waals surface area contributed by atoms with Crippen LogP contribution in [-0.4, -0.2) is 34.5 Å². The van der Waals surface area contributed by atoms with Crippen LogP contribution in [-0.2, 0) is 19.3 Å². The van der Waals surface area contributed by atoms with Crippen molar-refractivity contribution in [2.45, 2.75) is 37.9 Å². The average molecular weight is 326 g/mol. The van der Waals surface area contributed by atoms with Gasteiger partial charge in [-0.25, -0.2) is 8.42 Å². The third-order valence-electron chi connectivity index (χ3n) is 4.35. The molecule has 1 aromatic carbocycles. The second-order valence-electron chi connectivity index (χ2n) is 6.43. The van der Waals surface area contributed by atoms with Gasteiger partial charge in [0.1, 0.15) is 10.5 Å². The quantitative estimate of drug-likeness (QED) is 0.806. The molecule has 124 valence electrons. The number of hydrogen-bond donors (Lipinski definition) is 0. The molecule has 0 amide bonds. The van der Waals surface area contributed by atoms with Crippen molar-refractivity contribution < 1.29 is 17.9 Å². The van der Waals surface area contributed by atoms with Crippen molar-refractivity contribution in [3.63, 3.8) is 0 Å². The highest BCUT2D eigenvalue weighted by Gasteiger charge is 2.43. The molecular weight excluding hydrogens is 300 g/mol. The molecule has 1 fully saturated rings. The average Bonchev–Trinajstić information content (AvgIpc) is 2.47. The second kappa shape index (κ2) is 7.01. The van der Waals surface area contributed by atoms with Crippen LogP contribution in [0, 0.1) is 5.92 Å². The van der Waals surface area contributed by atoms with E-state index in [4.69, 9.17) is 9.47 Å². The summed E-state index contributed by atoms with van der Waals surface area (Å²) >= 11 is 0. The van der Waals surface area contributed by atoms with Crippen LogP contribution in [0.3, 0.4) is 0 Å². The summed E-state index contributed by atoms with van der Waals surface area (Å²) < 4.78 is 34.9. The zero-order valence-corrected chi connectivity index (χ0v) is 14.5. The van der Waals surface area contributed by atoms with Crippen LogP contribution in [0.25, 0.3) is 0 Å². The topological polar surface area (TPSA) is 52.6 Å². The van der Waals surface area contributed by atoms with Crippen molar-refractivity contribution in [3.05, 3.63) is 29.8 Å². The van der Waals surface area contributed by atoms with Crippen molar-refractivity contribution in [1.29, 1.82) is 0 Å². The number of benzene rings is 1. The minimum atomic E-state index is -3.20. The highest BCUT2D eigenvalue weighted by atomic mass is 32.2. The van der Waals surface area contributed by atoms with Gasteiger partial charge in [0.05, 0.1) is 6.61 Å². The van der Waals surface area contributed by atoms with Crippen LogP contribution in [0.4, 0.5) is 0 Å². The molecule has 0 radical (unpaired) electrons. The van der Waals surface area contributed by atoms with Gasteiger partial charge in [0.2, 0.25) is 0 Å². The first-order chi connectivity index (χ1) is 10.3. The summed E-state index contributed by atoms with van der Waals surface area (Å²) in [6, 6.07) is 7.52. The van der Waals surface area contributed by atoms with Gasteiger partial charge in [0, 0.05) is 19.5 Å². The van der Waals surface area contributed by atoms with E-state index in [1.165, 1.54) is 6.26 Å². The molecule has 0 saturated carbocycles. The SMILES string of the molecule is CC(C)CCOc1ccc(C2(S(C)(=O)=O)CCOCC2)cc1. The molecule has 0 atom stereocenters. The van der Waals surface area contributed by atoms with Gasteiger partial charge in [-0.15, -0.1) is 0 Å². The first kappa shape index (κ1) is 17.3. The lowest BCUT2D eigenvalue weighted by Gasteiger charge is -2.35. The molecule has 0 unspecified atom stereocenters. The normalized spacial score (nSPS) is 18.4. The summed E-state index contributed by atoms with van der Waals surface area (Å²) in [7, 11) is -3.20. The number of sulfone groups is 1. The fraction of sp³-hybridized carbons (Fsp3) is 0.647. The van der Waals surface area contributed by atoms with E-state index in [0.29, 0.717) is 38.6 Å². The van der Waals surface area contributed by atoms with Gasteiger partial charge in [0.15, 0.2) is 9.84 Å². The molecule has 1 saturated heterocycles. The number of hydrogen-bond acceptors (Lipinski definition) is 4. The zero-order valence-electron chi connectivity index (χ0n) is 13.7. The second-order valence-corrected chi connectivity index (χ2v) is 8.76. The lowest BCUT2D eigenvalue weighted by Crippen LogP contribution is -2.40. The van der Waals surface area contributed by atoms with Crippen LogP contribution < -0.4 is 4.74 Å². The Morgan fingerprint density at radius 3 is 2.27 bits per heavy atom. The third-order valence-corrected chi connectivity index (χ3v) is 6.42. The monoisotopic (exact) mass is 326 g/mol. The van der Waals surface area contributed by atoms with Crippen LogP contribution in [0.2, 0.25) is 0 Å². The molecule has 0 spiro atoms. The molecule has 0 N–H and O–H groups in total. The van der Waals surface area contributed by atoms with Crippen molar-refractivity contribution in [1.82, 2.24) is 0 Å². The minimum absolute atomic E-state index is 0.486. The van der Waals surface area contributed by atoms with Crippen molar-refractivity contribution in [3.8, 4) is 5.75 Å². The number of ether oxygens (including phenoxy) is 2. The molecule has 5 heteroatoms. The zero-order chi connectivity index (χ0) is 16.2.